The number of aliphatic hydroxyl groups is 1. The van der Waals surface area contributed by atoms with Crippen LogP contribution in [-0.2, 0) is 6.54 Å². The van der Waals surface area contributed by atoms with Crippen LogP contribution < -0.4 is 5.73 Å². The second-order valence-electron chi connectivity index (χ2n) is 5.44. The number of nitrogens with zero attached hydrogens (tertiary/aromatic N) is 2. The molecule has 0 saturated heterocycles. The van der Waals surface area contributed by atoms with Crippen molar-refractivity contribution < 1.29 is 10.0 Å². The number of anilines is 1. The smallest absolute Gasteiger partial charge is 0.292 e. The highest BCUT2D eigenvalue weighted by Crippen LogP contribution is 2.28. The summed E-state index contributed by atoms with van der Waals surface area (Å²) in [5, 5.41) is 20.9. The van der Waals surface area contributed by atoms with E-state index in [0.29, 0.717) is 6.54 Å². The van der Waals surface area contributed by atoms with Gasteiger partial charge in [-0.25, -0.2) is 0 Å². The van der Waals surface area contributed by atoms with E-state index in [4.69, 9.17) is 5.73 Å². The standard InChI is InChI=1S/C14H21N3O3/c1-16(11-6-2-3-8-13(11)18)9-10-5-4-7-12(14(10)15)17(19)20/h4-5,7,11,13,18H,2-3,6,8-9,15H2,1H3. The van der Waals surface area contributed by atoms with Crippen LogP contribution in [0.15, 0.2) is 18.2 Å². The third-order valence-electron chi connectivity index (χ3n) is 4.05. The molecular weight excluding hydrogens is 258 g/mol. The Bertz CT molecular complexity index is 493. The third-order valence-corrected chi connectivity index (χ3v) is 4.05. The Hall–Kier alpha value is -1.66. The summed E-state index contributed by atoms with van der Waals surface area (Å²) < 4.78 is 0. The van der Waals surface area contributed by atoms with Gasteiger partial charge in [0.25, 0.3) is 5.69 Å². The van der Waals surface area contributed by atoms with E-state index in [9.17, 15) is 15.2 Å². The molecule has 0 spiro atoms. The number of likely N-dealkylation sites (N-methyl/N-ethyl adjacent to an activating group) is 1. The summed E-state index contributed by atoms with van der Waals surface area (Å²) in [7, 11) is 1.93. The largest absolute Gasteiger partial charge is 0.393 e. The van der Waals surface area contributed by atoms with Crippen LogP contribution in [0.25, 0.3) is 0 Å². The first-order valence-electron chi connectivity index (χ1n) is 6.90. The van der Waals surface area contributed by atoms with E-state index in [-0.39, 0.29) is 23.5 Å². The first kappa shape index (κ1) is 14.7. The Labute approximate surface area is 118 Å². The number of nitro benzene ring substituents is 1. The van der Waals surface area contributed by atoms with Gasteiger partial charge in [0.2, 0.25) is 0 Å². The molecule has 6 nitrogen and oxygen atoms in total. The summed E-state index contributed by atoms with van der Waals surface area (Å²) in [4.78, 5) is 12.5. The molecule has 1 aliphatic rings. The first-order chi connectivity index (χ1) is 9.50. The van der Waals surface area contributed by atoms with E-state index in [1.54, 1.807) is 12.1 Å². The van der Waals surface area contributed by atoms with Crippen molar-refractivity contribution >= 4 is 11.4 Å². The predicted molar refractivity (Wildman–Crippen MR) is 77.2 cm³/mol. The Balaban J connectivity index is 2.13. The molecule has 2 rings (SSSR count). The van der Waals surface area contributed by atoms with Crippen LogP contribution in [0.2, 0.25) is 0 Å². The van der Waals surface area contributed by atoms with Crippen molar-refractivity contribution in [3.63, 3.8) is 0 Å². The number of nitrogens with two attached hydrogens (primary N) is 1. The zero-order valence-electron chi connectivity index (χ0n) is 11.7. The van der Waals surface area contributed by atoms with Crippen LogP contribution in [0, 0.1) is 10.1 Å². The fourth-order valence-electron chi connectivity index (χ4n) is 2.89. The van der Waals surface area contributed by atoms with Gasteiger partial charge >= 0.3 is 0 Å². The summed E-state index contributed by atoms with van der Waals surface area (Å²) >= 11 is 0. The zero-order valence-corrected chi connectivity index (χ0v) is 11.7. The lowest BCUT2D eigenvalue weighted by Crippen LogP contribution is -2.42. The zero-order chi connectivity index (χ0) is 14.7. The van der Waals surface area contributed by atoms with Crippen molar-refractivity contribution in [1.82, 2.24) is 4.90 Å². The third kappa shape index (κ3) is 3.08. The van der Waals surface area contributed by atoms with Crippen LogP contribution in [-0.4, -0.2) is 34.1 Å². The molecule has 1 fully saturated rings. The minimum absolute atomic E-state index is 0.0555. The topological polar surface area (TPSA) is 92.6 Å². The first-order valence-corrected chi connectivity index (χ1v) is 6.90. The Kier molecular flexibility index (Phi) is 4.57. The van der Waals surface area contributed by atoms with Crippen LogP contribution in [0.4, 0.5) is 11.4 Å². The van der Waals surface area contributed by atoms with Crippen LogP contribution in [0.1, 0.15) is 31.2 Å². The lowest BCUT2D eigenvalue weighted by molar-refractivity contribution is -0.384. The van der Waals surface area contributed by atoms with E-state index in [2.05, 4.69) is 0 Å². The number of aliphatic hydroxyl groups excluding tert-OH is 1. The minimum Gasteiger partial charge on any atom is -0.393 e. The Morgan fingerprint density at radius 1 is 1.45 bits per heavy atom. The molecule has 1 aromatic carbocycles. The van der Waals surface area contributed by atoms with Gasteiger partial charge in [-0.3, -0.25) is 15.0 Å². The summed E-state index contributed by atoms with van der Waals surface area (Å²) in [6.07, 6.45) is 3.61. The Morgan fingerprint density at radius 3 is 2.80 bits per heavy atom. The van der Waals surface area contributed by atoms with Crippen LogP contribution in [0.3, 0.4) is 0 Å². The minimum atomic E-state index is -0.464. The number of hydrogen-bond acceptors (Lipinski definition) is 5. The molecule has 2 unspecified atom stereocenters. The van der Waals surface area contributed by atoms with Crippen LogP contribution in [0.5, 0.6) is 0 Å². The van der Waals surface area contributed by atoms with Crippen molar-refractivity contribution in [3.8, 4) is 0 Å². The molecule has 3 N–H and O–H groups in total. The molecule has 0 radical (unpaired) electrons. The Morgan fingerprint density at radius 2 is 2.15 bits per heavy atom. The molecule has 110 valence electrons. The number of para-hydroxylation sites is 1. The quantitative estimate of drug-likeness (QED) is 0.499. The SMILES string of the molecule is CN(Cc1cccc([N+](=O)[O-])c1N)C1CCCCC1O. The van der Waals surface area contributed by atoms with Gasteiger partial charge in [0.1, 0.15) is 5.69 Å². The average Bonchev–Trinajstić information content (AvgIpc) is 2.41. The second-order valence-corrected chi connectivity index (χ2v) is 5.44. The van der Waals surface area contributed by atoms with Crippen LogP contribution >= 0.6 is 0 Å². The van der Waals surface area contributed by atoms with Gasteiger partial charge in [-0.1, -0.05) is 25.0 Å². The van der Waals surface area contributed by atoms with E-state index in [1.807, 2.05) is 11.9 Å². The average molecular weight is 279 g/mol. The number of rotatable bonds is 4. The molecule has 1 saturated carbocycles. The highest BCUT2D eigenvalue weighted by atomic mass is 16.6. The van der Waals surface area contributed by atoms with Crippen molar-refractivity contribution in [2.45, 2.75) is 44.4 Å². The lowest BCUT2D eigenvalue weighted by Gasteiger charge is -2.35. The summed E-state index contributed by atoms with van der Waals surface area (Å²) in [6.45, 7) is 0.509. The number of nitrogen functional groups attached to an aromatic ring is 1. The molecule has 1 aromatic rings. The van der Waals surface area contributed by atoms with Gasteiger partial charge in [-0.2, -0.15) is 0 Å². The molecule has 6 heteroatoms. The number of nitro groups is 1. The predicted octanol–water partition coefficient (Wildman–Crippen LogP) is 1.91. The van der Waals surface area contributed by atoms with Gasteiger partial charge in [0, 0.05) is 18.7 Å². The fraction of sp³-hybridized carbons (Fsp3) is 0.571. The summed E-state index contributed by atoms with van der Waals surface area (Å²) in [5.74, 6) is 0. The van der Waals surface area contributed by atoms with Gasteiger partial charge in [0.05, 0.1) is 11.0 Å². The monoisotopic (exact) mass is 279 g/mol. The second kappa shape index (κ2) is 6.19. The molecule has 0 bridgehead atoms. The summed E-state index contributed by atoms with van der Waals surface area (Å²) in [6, 6.07) is 4.96. The van der Waals surface area contributed by atoms with E-state index >= 15 is 0 Å². The maximum absolute atomic E-state index is 10.9. The van der Waals surface area contributed by atoms with Gasteiger partial charge in [0.15, 0.2) is 0 Å². The number of hydrogen-bond donors (Lipinski definition) is 2. The molecule has 20 heavy (non-hydrogen) atoms. The highest BCUT2D eigenvalue weighted by Gasteiger charge is 2.27. The molecular formula is C14H21N3O3. The molecule has 2 atom stereocenters. The van der Waals surface area contributed by atoms with E-state index < -0.39 is 4.92 Å². The van der Waals surface area contributed by atoms with Crippen molar-refractivity contribution in [3.05, 3.63) is 33.9 Å². The normalized spacial score (nSPS) is 22.9. The number of benzene rings is 1. The van der Waals surface area contributed by atoms with E-state index in [1.165, 1.54) is 6.07 Å². The van der Waals surface area contributed by atoms with Gasteiger partial charge in [-0.15, -0.1) is 0 Å². The van der Waals surface area contributed by atoms with Crippen molar-refractivity contribution in [1.29, 1.82) is 0 Å². The maximum Gasteiger partial charge on any atom is 0.292 e. The van der Waals surface area contributed by atoms with Crippen molar-refractivity contribution in [2.75, 3.05) is 12.8 Å². The summed E-state index contributed by atoms with van der Waals surface area (Å²) in [5.41, 5.74) is 6.76. The van der Waals surface area contributed by atoms with Crippen molar-refractivity contribution in [2.24, 2.45) is 0 Å². The molecule has 0 heterocycles. The van der Waals surface area contributed by atoms with E-state index in [0.717, 1.165) is 31.2 Å². The lowest BCUT2D eigenvalue weighted by atomic mass is 9.91. The van der Waals surface area contributed by atoms with Gasteiger partial charge in [-0.05, 0) is 25.5 Å². The fourth-order valence-corrected chi connectivity index (χ4v) is 2.89. The molecule has 0 aliphatic heterocycles. The molecule has 0 aromatic heterocycles. The maximum atomic E-state index is 10.9. The highest BCUT2D eigenvalue weighted by molar-refractivity contribution is 5.62. The molecule has 1 aliphatic carbocycles. The van der Waals surface area contributed by atoms with Gasteiger partial charge < -0.3 is 10.8 Å². The molecule has 0 amide bonds.